The molecule has 0 fully saturated rings. The molecule has 0 radical (unpaired) electrons. The standard InChI is InChI=1S/C15H14BrClFN/c1-8-6-13(16)9(2)5-12(8)15(19)11-4-3-10(17)7-14(11)18/h3-7,15H,19H2,1-2H3. The van der Waals surface area contributed by atoms with Crippen LogP contribution in [0.25, 0.3) is 0 Å². The fourth-order valence-electron chi connectivity index (χ4n) is 2.06. The zero-order valence-corrected chi connectivity index (χ0v) is 13.0. The molecule has 1 atom stereocenters. The van der Waals surface area contributed by atoms with Gasteiger partial charge in [0.05, 0.1) is 6.04 Å². The number of aryl methyl sites for hydroxylation is 2. The number of hydrogen-bond acceptors (Lipinski definition) is 1. The van der Waals surface area contributed by atoms with Crippen molar-refractivity contribution in [1.82, 2.24) is 0 Å². The monoisotopic (exact) mass is 341 g/mol. The number of halogens is 3. The van der Waals surface area contributed by atoms with E-state index in [0.717, 1.165) is 21.2 Å². The van der Waals surface area contributed by atoms with E-state index in [-0.39, 0.29) is 5.82 Å². The first-order valence-corrected chi connectivity index (χ1v) is 7.04. The van der Waals surface area contributed by atoms with E-state index in [2.05, 4.69) is 15.9 Å². The summed E-state index contributed by atoms with van der Waals surface area (Å²) in [6.07, 6.45) is 0. The predicted molar refractivity (Wildman–Crippen MR) is 81.1 cm³/mol. The van der Waals surface area contributed by atoms with Gasteiger partial charge in [-0.15, -0.1) is 0 Å². The van der Waals surface area contributed by atoms with E-state index in [1.165, 1.54) is 6.07 Å². The molecule has 0 spiro atoms. The molecule has 1 nitrogen and oxygen atoms in total. The van der Waals surface area contributed by atoms with Gasteiger partial charge in [-0.3, -0.25) is 0 Å². The third kappa shape index (κ3) is 2.99. The smallest absolute Gasteiger partial charge is 0.129 e. The summed E-state index contributed by atoms with van der Waals surface area (Å²) < 4.78 is 14.9. The van der Waals surface area contributed by atoms with Crippen molar-refractivity contribution in [3.8, 4) is 0 Å². The molecule has 2 aromatic carbocycles. The summed E-state index contributed by atoms with van der Waals surface area (Å²) >= 11 is 9.24. The summed E-state index contributed by atoms with van der Waals surface area (Å²) in [6.45, 7) is 3.95. The fourth-order valence-corrected chi connectivity index (χ4v) is 2.68. The SMILES string of the molecule is Cc1cc(C(N)c2ccc(Cl)cc2F)c(C)cc1Br. The van der Waals surface area contributed by atoms with Gasteiger partial charge in [0.1, 0.15) is 5.82 Å². The second-order valence-electron chi connectivity index (χ2n) is 4.60. The van der Waals surface area contributed by atoms with Crippen LogP contribution in [0.1, 0.15) is 28.3 Å². The van der Waals surface area contributed by atoms with E-state index in [1.807, 2.05) is 26.0 Å². The Morgan fingerprint density at radius 3 is 2.42 bits per heavy atom. The largest absolute Gasteiger partial charge is 0.320 e. The third-order valence-corrected chi connectivity index (χ3v) is 4.27. The highest BCUT2D eigenvalue weighted by molar-refractivity contribution is 9.10. The highest BCUT2D eigenvalue weighted by Gasteiger charge is 2.16. The van der Waals surface area contributed by atoms with Gasteiger partial charge in [0.25, 0.3) is 0 Å². The molecule has 1 unspecified atom stereocenters. The lowest BCUT2D eigenvalue weighted by Crippen LogP contribution is -2.15. The number of rotatable bonds is 2. The van der Waals surface area contributed by atoms with Crippen molar-refractivity contribution in [3.05, 3.63) is 67.9 Å². The first-order chi connectivity index (χ1) is 8.90. The lowest BCUT2D eigenvalue weighted by Gasteiger charge is -2.17. The van der Waals surface area contributed by atoms with E-state index >= 15 is 0 Å². The Labute approximate surface area is 125 Å². The van der Waals surface area contributed by atoms with Crippen molar-refractivity contribution < 1.29 is 4.39 Å². The molecule has 2 rings (SSSR count). The maximum atomic E-state index is 13.9. The highest BCUT2D eigenvalue weighted by Crippen LogP contribution is 2.29. The van der Waals surface area contributed by atoms with Gasteiger partial charge in [0.15, 0.2) is 0 Å². The summed E-state index contributed by atoms with van der Waals surface area (Å²) in [5.74, 6) is -0.375. The van der Waals surface area contributed by atoms with Crippen LogP contribution in [0, 0.1) is 19.7 Å². The molecular weight excluding hydrogens is 329 g/mol. The van der Waals surface area contributed by atoms with Crippen LogP contribution in [0.2, 0.25) is 5.02 Å². The van der Waals surface area contributed by atoms with Crippen LogP contribution in [-0.2, 0) is 0 Å². The molecule has 0 saturated carbocycles. The molecule has 0 aliphatic carbocycles. The van der Waals surface area contributed by atoms with Gasteiger partial charge in [0, 0.05) is 15.1 Å². The molecule has 2 aromatic rings. The van der Waals surface area contributed by atoms with Gasteiger partial charge < -0.3 is 5.73 Å². The molecule has 0 aliphatic rings. The van der Waals surface area contributed by atoms with Gasteiger partial charge in [-0.05, 0) is 48.7 Å². The van der Waals surface area contributed by atoms with Crippen LogP contribution < -0.4 is 5.73 Å². The lowest BCUT2D eigenvalue weighted by molar-refractivity contribution is 0.599. The van der Waals surface area contributed by atoms with Gasteiger partial charge in [-0.25, -0.2) is 4.39 Å². The summed E-state index contributed by atoms with van der Waals surface area (Å²) in [4.78, 5) is 0. The molecule has 0 aliphatic heterocycles. The normalized spacial score (nSPS) is 12.5. The third-order valence-electron chi connectivity index (χ3n) is 3.18. The highest BCUT2D eigenvalue weighted by atomic mass is 79.9. The Balaban J connectivity index is 2.49. The van der Waals surface area contributed by atoms with Crippen molar-refractivity contribution in [1.29, 1.82) is 0 Å². The van der Waals surface area contributed by atoms with Crippen LogP contribution in [0.4, 0.5) is 4.39 Å². The Bertz CT molecular complexity index is 628. The molecule has 0 saturated heterocycles. The van der Waals surface area contributed by atoms with Crippen molar-refractivity contribution in [2.75, 3.05) is 0 Å². The number of hydrogen-bond donors (Lipinski definition) is 1. The molecule has 19 heavy (non-hydrogen) atoms. The zero-order valence-electron chi connectivity index (χ0n) is 10.7. The maximum Gasteiger partial charge on any atom is 0.129 e. The van der Waals surface area contributed by atoms with Crippen LogP contribution >= 0.6 is 27.5 Å². The average Bonchev–Trinajstić information content (AvgIpc) is 2.33. The van der Waals surface area contributed by atoms with E-state index in [1.54, 1.807) is 12.1 Å². The van der Waals surface area contributed by atoms with Crippen LogP contribution in [0.5, 0.6) is 0 Å². The second-order valence-corrected chi connectivity index (χ2v) is 5.89. The van der Waals surface area contributed by atoms with Crippen molar-refractivity contribution in [2.24, 2.45) is 5.73 Å². The first kappa shape index (κ1) is 14.5. The molecule has 0 aromatic heterocycles. The van der Waals surface area contributed by atoms with Gasteiger partial charge >= 0.3 is 0 Å². The zero-order chi connectivity index (χ0) is 14.2. The summed E-state index contributed by atoms with van der Waals surface area (Å²) in [5, 5.41) is 0.372. The van der Waals surface area contributed by atoms with Gasteiger partial charge in [-0.2, -0.15) is 0 Å². The van der Waals surface area contributed by atoms with Crippen LogP contribution in [-0.4, -0.2) is 0 Å². The second kappa shape index (κ2) is 5.61. The predicted octanol–water partition coefficient (Wildman–Crippen LogP) is 4.91. The van der Waals surface area contributed by atoms with E-state index in [9.17, 15) is 4.39 Å². The Kier molecular flexibility index (Phi) is 4.29. The minimum atomic E-state index is -0.496. The number of benzene rings is 2. The minimum absolute atomic E-state index is 0.372. The molecule has 2 N–H and O–H groups in total. The quantitative estimate of drug-likeness (QED) is 0.825. The van der Waals surface area contributed by atoms with Gasteiger partial charge in [0.2, 0.25) is 0 Å². The van der Waals surface area contributed by atoms with E-state index in [0.29, 0.717) is 10.6 Å². The topological polar surface area (TPSA) is 26.0 Å². The molecule has 0 amide bonds. The van der Waals surface area contributed by atoms with Crippen LogP contribution in [0.3, 0.4) is 0 Å². The van der Waals surface area contributed by atoms with E-state index < -0.39 is 6.04 Å². The Morgan fingerprint density at radius 2 is 1.79 bits per heavy atom. The fraction of sp³-hybridized carbons (Fsp3) is 0.200. The Morgan fingerprint density at radius 1 is 1.11 bits per heavy atom. The molecular formula is C15H14BrClFN. The molecule has 4 heteroatoms. The van der Waals surface area contributed by atoms with Crippen molar-refractivity contribution in [2.45, 2.75) is 19.9 Å². The minimum Gasteiger partial charge on any atom is -0.320 e. The number of nitrogens with two attached hydrogens (primary N) is 1. The summed E-state index contributed by atoms with van der Waals surface area (Å²) in [5.41, 5.74) is 9.66. The Hall–Kier alpha value is -0.900. The summed E-state index contributed by atoms with van der Waals surface area (Å²) in [6, 6.07) is 8.07. The van der Waals surface area contributed by atoms with Crippen molar-refractivity contribution >= 4 is 27.5 Å². The molecule has 0 bridgehead atoms. The van der Waals surface area contributed by atoms with Crippen molar-refractivity contribution in [3.63, 3.8) is 0 Å². The maximum absolute atomic E-state index is 13.9. The lowest BCUT2D eigenvalue weighted by atomic mass is 9.94. The van der Waals surface area contributed by atoms with Crippen LogP contribution in [0.15, 0.2) is 34.8 Å². The average molecular weight is 343 g/mol. The summed E-state index contributed by atoms with van der Waals surface area (Å²) in [7, 11) is 0. The molecule has 0 heterocycles. The first-order valence-electron chi connectivity index (χ1n) is 5.87. The van der Waals surface area contributed by atoms with E-state index in [4.69, 9.17) is 17.3 Å². The molecule has 100 valence electrons. The van der Waals surface area contributed by atoms with Gasteiger partial charge in [-0.1, -0.05) is 39.7 Å².